The lowest BCUT2D eigenvalue weighted by Crippen LogP contribution is -1.99. The van der Waals surface area contributed by atoms with Crippen molar-refractivity contribution in [2.75, 3.05) is 6.61 Å². The fourth-order valence-electron chi connectivity index (χ4n) is 0.951. The average Bonchev–Trinajstić information content (AvgIpc) is 2.14. The van der Waals surface area contributed by atoms with Gasteiger partial charge in [-0.05, 0) is 30.7 Å². The van der Waals surface area contributed by atoms with Gasteiger partial charge in [0.1, 0.15) is 12.4 Å². The molecule has 0 aliphatic rings. The molecule has 0 aromatic heterocycles. The fraction of sp³-hybridized carbons (Fsp3) is 0.200. The van der Waals surface area contributed by atoms with Crippen LogP contribution in [0.4, 0.5) is 0 Å². The molecule has 0 aliphatic carbocycles. The minimum atomic E-state index is -3.76. The monoisotopic (exact) mass is 280 g/mol. The summed E-state index contributed by atoms with van der Waals surface area (Å²) < 4.78 is 27.3. The maximum Gasteiger partial charge on any atom is 0.261 e. The molecular weight excluding hydrogens is 271 g/mol. The van der Waals surface area contributed by atoms with Crippen LogP contribution in [0.1, 0.15) is 6.92 Å². The van der Waals surface area contributed by atoms with Crippen LogP contribution in [0.25, 0.3) is 0 Å². The van der Waals surface area contributed by atoms with Crippen LogP contribution in [0.3, 0.4) is 0 Å². The van der Waals surface area contributed by atoms with E-state index in [0.29, 0.717) is 12.4 Å². The second-order valence-electron chi connectivity index (χ2n) is 3.28. The van der Waals surface area contributed by atoms with E-state index in [0.717, 1.165) is 5.57 Å². The Labute approximate surface area is 104 Å². The van der Waals surface area contributed by atoms with Gasteiger partial charge in [-0.25, -0.2) is 8.42 Å². The van der Waals surface area contributed by atoms with Crippen LogP contribution in [0.15, 0.2) is 35.2 Å². The molecule has 0 aliphatic heterocycles. The molecular formula is C10H10Cl2O3S. The lowest BCUT2D eigenvalue weighted by Gasteiger charge is -2.08. The number of rotatable bonds is 4. The molecule has 1 rings (SSSR count). The van der Waals surface area contributed by atoms with Gasteiger partial charge in [0, 0.05) is 10.7 Å². The van der Waals surface area contributed by atoms with E-state index in [9.17, 15) is 8.42 Å². The highest BCUT2D eigenvalue weighted by atomic mass is 35.7. The van der Waals surface area contributed by atoms with E-state index in [2.05, 4.69) is 6.58 Å². The van der Waals surface area contributed by atoms with Gasteiger partial charge < -0.3 is 4.74 Å². The quantitative estimate of drug-likeness (QED) is 0.628. The van der Waals surface area contributed by atoms with Crippen LogP contribution in [0.5, 0.6) is 5.75 Å². The highest BCUT2D eigenvalue weighted by Crippen LogP contribution is 2.28. The van der Waals surface area contributed by atoms with E-state index in [1.807, 2.05) is 6.92 Å². The normalized spacial score (nSPS) is 11.2. The summed E-state index contributed by atoms with van der Waals surface area (Å²) in [5.41, 5.74) is 0.838. The van der Waals surface area contributed by atoms with Crippen molar-refractivity contribution in [3.8, 4) is 5.75 Å². The topological polar surface area (TPSA) is 43.4 Å². The van der Waals surface area contributed by atoms with Gasteiger partial charge in [0.2, 0.25) is 0 Å². The largest absolute Gasteiger partial charge is 0.488 e. The third kappa shape index (κ3) is 3.70. The van der Waals surface area contributed by atoms with Gasteiger partial charge >= 0.3 is 0 Å². The Hall–Kier alpha value is -0.710. The third-order valence-electron chi connectivity index (χ3n) is 1.66. The van der Waals surface area contributed by atoms with E-state index in [1.165, 1.54) is 18.2 Å². The lowest BCUT2D eigenvalue weighted by molar-refractivity contribution is 0.352. The van der Waals surface area contributed by atoms with E-state index in [4.69, 9.17) is 27.0 Å². The number of benzene rings is 1. The summed E-state index contributed by atoms with van der Waals surface area (Å²) in [5.74, 6) is 0.397. The Bertz CT molecular complexity index is 509. The molecule has 0 saturated heterocycles. The SMILES string of the molecule is C=C(C)COc1ccc(S(=O)(=O)Cl)cc1Cl. The molecule has 0 unspecified atom stereocenters. The highest BCUT2D eigenvalue weighted by molar-refractivity contribution is 8.13. The van der Waals surface area contributed by atoms with Gasteiger partial charge in [0.05, 0.1) is 9.92 Å². The molecule has 88 valence electrons. The molecule has 0 atom stereocenters. The first kappa shape index (κ1) is 13.4. The molecule has 0 spiro atoms. The summed E-state index contributed by atoms with van der Waals surface area (Å²) in [4.78, 5) is -0.0539. The standard InChI is InChI=1S/C10H10Cl2O3S/c1-7(2)6-15-10-4-3-8(5-9(10)11)16(12,13)14/h3-5H,1,6H2,2H3. The fourth-order valence-corrected chi connectivity index (χ4v) is 2.03. The van der Waals surface area contributed by atoms with E-state index in [-0.39, 0.29) is 9.92 Å². The maximum absolute atomic E-state index is 11.0. The highest BCUT2D eigenvalue weighted by Gasteiger charge is 2.12. The Morgan fingerprint density at radius 2 is 2.12 bits per heavy atom. The zero-order valence-electron chi connectivity index (χ0n) is 8.54. The molecule has 0 N–H and O–H groups in total. The number of hydrogen-bond acceptors (Lipinski definition) is 3. The van der Waals surface area contributed by atoms with Gasteiger partial charge in [-0.1, -0.05) is 18.2 Å². The predicted octanol–water partition coefficient (Wildman–Crippen LogP) is 3.22. The predicted molar refractivity (Wildman–Crippen MR) is 64.8 cm³/mol. The minimum Gasteiger partial charge on any atom is -0.488 e. The van der Waals surface area contributed by atoms with Crippen molar-refractivity contribution in [2.24, 2.45) is 0 Å². The van der Waals surface area contributed by atoms with Crippen LogP contribution in [-0.2, 0) is 9.05 Å². The second kappa shape index (κ2) is 5.08. The van der Waals surface area contributed by atoms with Crippen LogP contribution in [0, 0.1) is 0 Å². The first-order valence-electron chi connectivity index (χ1n) is 4.32. The summed E-state index contributed by atoms with van der Waals surface area (Å²) in [5, 5.41) is 0.197. The van der Waals surface area contributed by atoms with Gasteiger partial charge in [0.25, 0.3) is 9.05 Å². The summed E-state index contributed by atoms with van der Waals surface area (Å²) in [7, 11) is 1.41. The van der Waals surface area contributed by atoms with Crippen LogP contribution < -0.4 is 4.74 Å². The zero-order valence-corrected chi connectivity index (χ0v) is 10.9. The van der Waals surface area contributed by atoms with E-state index < -0.39 is 9.05 Å². The molecule has 6 heteroatoms. The first-order valence-corrected chi connectivity index (χ1v) is 7.01. The lowest BCUT2D eigenvalue weighted by atomic mass is 10.3. The number of ether oxygens (including phenoxy) is 1. The Morgan fingerprint density at radius 1 is 1.50 bits per heavy atom. The second-order valence-corrected chi connectivity index (χ2v) is 6.25. The van der Waals surface area contributed by atoms with Gasteiger partial charge in [-0.2, -0.15) is 0 Å². The van der Waals surface area contributed by atoms with Crippen molar-refractivity contribution < 1.29 is 13.2 Å². The Morgan fingerprint density at radius 3 is 2.56 bits per heavy atom. The molecule has 16 heavy (non-hydrogen) atoms. The van der Waals surface area contributed by atoms with Crippen molar-refractivity contribution in [3.63, 3.8) is 0 Å². The maximum atomic E-state index is 11.0. The zero-order chi connectivity index (χ0) is 12.3. The summed E-state index contributed by atoms with van der Waals surface area (Å²) >= 11 is 5.84. The molecule has 0 saturated carbocycles. The molecule has 1 aromatic carbocycles. The van der Waals surface area contributed by atoms with Gasteiger partial charge in [-0.3, -0.25) is 0 Å². The van der Waals surface area contributed by atoms with Crippen molar-refractivity contribution in [1.29, 1.82) is 0 Å². The molecule has 0 radical (unpaired) electrons. The summed E-state index contributed by atoms with van der Waals surface area (Å²) in [6.07, 6.45) is 0. The molecule has 1 aromatic rings. The molecule has 0 fully saturated rings. The Balaban J connectivity index is 2.96. The molecule has 3 nitrogen and oxygen atoms in total. The van der Waals surface area contributed by atoms with Crippen LogP contribution in [0.2, 0.25) is 5.02 Å². The molecule has 0 amide bonds. The smallest absolute Gasteiger partial charge is 0.261 e. The van der Waals surface area contributed by atoms with Gasteiger partial charge in [0.15, 0.2) is 0 Å². The van der Waals surface area contributed by atoms with Crippen molar-refractivity contribution in [2.45, 2.75) is 11.8 Å². The van der Waals surface area contributed by atoms with Crippen LogP contribution >= 0.6 is 22.3 Å². The summed E-state index contributed by atoms with van der Waals surface area (Å²) in [6.45, 7) is 5.81. The average molecular weight is 281 g/mol. The minimum absolute atomic E-state index is 0.0539. The van der Waals surface area contributed by atoms with Gasteiger partial charge in [-0.15, -0.1) is 0 Å². The van der Waals surface area contributed by atoms with Crippen molar-refractivity contribution in [1.82, 2.24) is 0 Å². The third-order valence-corrected chi connectivity index (χ3v) is 3.31. The number of hydrogen-bond donors (Lipinski definition) is 0. The summed E-state index contributed by atoms with van der Waals surface area (Å²) in [6, 6.07) is 4.04. The number of halogens is 2. The van der Waals surface area contributed by atoms with E-state index in [1.54, 1.807) is 0 Å². The van der Waals surface area contributed by atoms with Crippen LogP contribution in [-0.4, -0.2) is 15.0 Å². The van der Waals surface area contributed by atoms with Crippen molar-refractivity contribution in [3.05, 3.63) is 35.4 Å². The Kier molecular flexibility index (Phi) is 4.24. The molecule has 0 heterocycles. The molecule has 0 bridgehead atoms. The van der Waals surface area contributed by atoms with Crippen molar-refractivity contribution >= 4 is 31.3 Å². The van der Waals surface area contributed by atoms with E-state index >= 15 is 0 Å². The first-order chi connectivity index (χ1) is 7.30.